The number of fused-ring (bicyclic) bond motifs is 1. The molecule has 2 amide bonds. The number of benzene rings is 2. The summed E-state index contributed by atoms with van der Waals surface area (Å²) in [4.78, 5) is 25.1. The van der Waals surface area contributed by atoms with Crippen LogP contribution in [0.25, 0.3) is 0 Å². The Bertz CT molecular complexity index is 765. The number of nitrogens with zero attached hydrogens (tertiary/aromatic N) is 1. The first-order valence-electron chi connectivity index (χ1n) is 8.11. The monoisotopic (exact) mass is 340 g/mol. The minimum absolute atomic E-state index is 0.133. The van der Waals surface area contributed by atoms with Gasteiger partial charge >= 0.3 is 12.0 Å². The topological polar surface area (TPSA) is 78.9 Å². The van der Waals surface area contributed by atoms with Crippen LogP contribution >= 0.6 is 0 Å². The van der Waals surface area contributed by atoms with E-state index in [1.54, 1.807) is 17.0 Å². The summed E-state index contributed by atoms with van der Waals surface area (Å²) in [5.74, 6) is -0.532. The highest BCUT2D eigenvalue weighted by atomic mass is 16.5. The number of carbonyl (C=O) groups is 2. The van der Waals surface area contributed by atoms with Crippen molar-refractivity contribution in [3.05, 3.63) is 65.2 Å². The number of rotatable bonds is 5. The van der Waals surface area contributed by atoms with Crippen LogP contribution in [-0.4, -0.2) is 34.7 Å². The van der Waals surface area contributed by atoms with Crippen molar-refractivity contribution < 1.29 is 19.4 Å². The molecule has 130 valence electrons. The molecule has 1 aliphatic heterocycles. The van der Waals surface area contributed by atoms with Gasteiger partial charge in [0.1, 0.15) is 12.4 Å². The molecular formula is C19H20N2O4. The van der Waals surface area contributed by atoms with Gasteiger partial charge in [-0.05, 0) is 36.2 Å². The Hall–Kier alpha value is -3.02. The zero-order valence-electron chi connectivity index (χ0n) is 13.9. The lowest BCUT2D eigenvalue weighted by Crippen LogP contribution is -2.43. The fraction of sp³-hybridized carbons (Fsp3) is 0.263. The van der Waals surface area contributed by atoms with Crippen LogP contribution < -0.4 is 10.1 Å². The molecule has 0 spiro atoms. The molecule has 6 heteroatoms. The molecule has 0 saturated carbocycles. The van der Waals surface area contributed by atoms with E-state index in [1.807, 2.05) is 31.2 Å². The highest BCUT2D eigenvalue weighted by Gasteiger charge is 2.23. The van der Waals surface area contributed by atoms with Crippen LogP contribution in [0.3, 0.4) is 0 Å². The molecule has 0 saturated heterocycles. The molecule has 1 atom stereocenters. The molecule has 1 aliphatic rings. The second-order valence-electron chi connectivity index (χ2n) is 6.12. The number of carbonyl (C=O) groups excluding carboxylic acids is 1. The summed E-state index contributed by atoms with van der Waals surface area (Å²) in [7, 11) is 0. The van der Waals surface area contributed by atoms with E-state index >= 15 is 0 Å². The molecular weight excluding hydrogens is 320 g/mol. The molecule has 0 aliphatic carbocycles. The van der Waals surface area contributed by atoms with Gasteiger partial charge in [-0.3, -0.25) is 0 Å². The van der Waals surface area contributed by atoms with Crippen molar-refractivity contribution in [2.45, 2.75) is 26.1 Å². The Kier molecular flexibility index (Phi) is 4.88. The van der Waals surface area contributed by atoms with E-state index in [1.165, 1.54) is 23.3 Å². The molecule has 25 heavy (non-hydrogen) atoms. The molecule has 3 rings (SSSR count). The van der Waals surface area contributed by atoms with Crippen LogP contribution in [0.15, 0.2) is 48.5 Å². The third-order valence-corrected chi connectivity index (χ3v) is 4.08. The van der Waals surface area contributed by atoms with E-state index in [9.17, 15) is 9.59 Å². The minimum Gasteiger partial charge on any atom is -0.491 e. The largest absolute Gasteiger partial charge is 0.491 e. The van der Waals surface area contributed by atoms with E-state index < -0.39 is 5.97 Å². The highest BCUT2D eigenvalue weighted by Crippen LogP contribution is 2.22. The van der Waals surface area contributed by atoms with E-state index in [0.29, 0.717) is 18.8 Å². The van der Waals surface area contributed by atoms with Gasteiger partial charge in [0.15, 0.2) is 0 Å². The van der Waals surface area contributed by atoms with Gasteiger partial charge in [-0.15, -0.1) is 0 Å². The first-order valence-corrected chi connectivity index (χ1v) is 8.11. The molecule has 0 bridgehead atoms. The maximum atomic E-state index is 12.4. The van der Waals surface area contributed by atoms with E-state index in [-0.39, 0.29) is 24.2 Å². The average molecular weight is 340 g/mol. The summed E-state index contributed by atoms with van der Waals surface area (Å²) in [6.45, 7) is 3.32. The fourth-order valence-electron chi connectivity index (χ4n) is 2.76. The number of carboxylic acids is 1. The van der Waals surface area contributed by atoms with Gasteiger partial charge < -0.3 is 20.1 Å². The standard InChI is InChI=1S/C19H20N2O4/c1-13(12-25-17-8-4-7-14(9-17)18(22)23)20-19(24)21-10-15-5-2-3-6-16(15)11-21/h2-9,13H,10-12H2,1H3,(H,20,24)(H,22,23). The van der Waals surface area contributed by atoms with Crippen LogP contribution in [0.2, 0.25) is 0 Å². The van der Waals surface area contributed by atoms with E-state index in [2.05, 4.69) is 5.32 Å². The lowest BCUT2D eigenvalue weighted by Gasteiger charge is -2.21. The minimum atomic E-state index is -1.000. The quantitative estimate of drug-likeness (QED) is 0.877. The van der Waals surface area contributed by atoms with Crippen molar-refractivity contribution >= 4 is 12.0 Å². The van der Waals surface area contributed by atoms with Gasteiger partial charge in [0, 0.05) is 13.1 Å². The third-order valence-electron chi connectivity index (χ3n) is 4.08. The van der Waals surface area contributed by atoms with Crippen molar-refractivity contribution in [3.8, 4) is 5.75 Å². The number of ether oxygens (including phenoxy) is 1. The van der Waals surface area contributed by atoms with Gasteiger partial charge in [-0.2, -0.15) is 0 Å². The second-order valence-corrected chi connectivity index (χ2v) is 6.12. The molecule has 0 radical (unpaired) electrons. The summed E-state index contributed by atoms with van der Waals surface area (Å²) < 4.78 is 5.59. The lowest BCUT2D eigenvalue weighted by atomic mass is 10.1. The van der Waals surface area contributed by atoms with E-state index in [4.69, 9.17) is 9.84 Å². The Morgan fingerprint density at radius 3 is 2.48 bits per heavy atom. The number of nitrogens with one attached hydrogen (secondary N) is 1. The molecule has 6 nitrogen and oxygen atoms in total. The average Bonchev–Trinajstić information content (AvgIpc) is 3.04. The normalized spacial score (nSPS) is 13.9. The van der Waals surface area contributed by atoms with Crippen molar-refractivity contribution in [3.63, 3.8) is 0 Å². The fourth-order valence-corrected chi connectivity index (χ4v) is 2.76. The maximum Gasteiger partial charge on any atom is 0.335 e. The highest BCUT2D eigenvalue weighted by molar-refractivity contribution is 5.88. The predicted octanol–water partition coefficient (Wildman–Crippen LogP) is 2.88. The van der Waals surface area contributed by atoms with Crippen LogP contribution in [0, 0.1) is 0 Å². The number of hydrogen-bond donors (Lipinski definition) is 2. The number of carboxylic acid groups (broad SMARTS) is 1. The Morgan fingerprint density at radius 2 is 1.84 bits per heavy atom. The smallest absolute Gasteiger partial charge is 0.335 e. The van der Waals surface area contributed by atoms with Crippen molar-refractivity contribution in [1.82, 2.24) is 10.2 Å². The third kappa shape index (κ3) is 4.09. The lowest BCUT2D eigenvalue weighted by molar-refractivity contribution is 0.0696. The van der Waals surface area contributed by atoms with Crippen molar-refractivity contribution in [2.24, 2.45) is 0 Å². The molecule has 2 aromatic rings. The summed E-state index contributed by atoms with van der Waals surface area (Å²) in [6, 6.07) is 14.0. The maximum absolute atomic E-state index is 12.4. The number of hydrogen-bond acceptors (Lipinski definition) is 3. The molecule has 0 aromatic heterocycles. The Morgan fingerprint density at radius 1 is 1.16 bits per heavy atom. The predicted molar refractivity (Wildman–Crippen MR) is 92.6 cm³/mol. The zero-order chi connectivity index (χ0) is 17.8. The Balaban J connectivity index is 1.50. The van der Waals surface area contributed by atoms with Crippen LogP contribution in [0.1, 0.15) is 28.4 Å². The summed E-state index contributed by atoms with van der Waals surface area (Å²) in [5, 5.41) is 11.9. The molecule has 2 N–H and O–H groups in total. The number of amides is 2. The first-order chi connectivity index (χ1) is 12.0. The van der Waals surface area contributed by atoms with Gasteiger partial charge in [-0.1, -0.05) is 30.3 Å². The number of aromatic carboxylic acids is 1. The van der Waals surface area contributed by atoms with E-state index in [0.717, 1.165) is 0 Å². The summed E-state index contributed by atoms with van der Waals surface area (Å²) in [5.41, 5.74) is 2.52. The summed E-state index contributed by atoms with van der Waals surface area (Å²) in [6.07, 6.45) is 0. The van der Waals surface area contributed by atoms with Crippen LogP contribution in [0.4, 0.5) is 4.79 Å². The SMILES string of the molecule is CC(COc1cccc(C(=O)O)c1)NC(=O)N1Cc2ccccc2C1. The van der Waals surface area contributed by atoms with Gasteiger partial charge in [0.05, 0.1) is 11.6 Å². The molecule has 1 unspecified atom stereocenters. The van der Waals surface area contributed by atoms with Gasteiger partial charge in [0.2, 0.25) is 0 Å². The van der Waals surface area contributed by atoms with Gasteiger partial charge in [0.25, 0.3) is 0 Å². The Labute approximate surface area is 146 Å². The molecule has 0 fully saturated rings. The number of urea groups is 1. The van der Waals surface area contributed by atoms with Crippen LogP contribution in [-0.2, 0) is 13.1 Å². The van der Waals surface area contributed by atoms with Gasteiger partial charge in [-0.25, -0.2) is 9.59 Å². The zero-order valence-corrected chi connectivity index (χ0v) is 13.9. The second kappa shape index (κ2) is 7.25. The molecule has 1 heterocycles. The molecule has 2 aromatic carbocycles. The van der Waals surface area contributed by atoms with Crippen LogP contribution in [0.5, 0.6) is 5.75 Å². The first kappa shape index (κ1) is 16.8. The van der Waals surface area contributed by atoms with Crippen molar-refractivity contribution in [1.29, 1.82) is 0 Å². The van der Waals surface area contributed by atoms with Crippen molar-refractivity contribution in [2.75, 3.05) is 6.61 Å². The summed E-state index contributed by atoms with van der Waals surface area (Å²) >= 11 is 0.